The van der Waals surface area contributed by atoms with Crippen molar-refractivity contribution in [3.05, 3.63) is 65.5 Å². The van der Waals surface area contributed by atoms with Gasteiger partial charge in [0.05, 0.1) is 11.1 Å². The highest BCUT2D eigenvalue weighted by Gasteiger charge is 2.34. The summed E-state index contributed by atoms with van der Waals surface area (Å²) in [5, 5.41) is 0. The number of hydrogen-bond acceptors (Lipinski definition) is 4. The van der Waals surface area contributed by atoms with Gasteiger partial charge in [0.2, 0.25) is 0 Å². The molecule has 2 N–H and O–H groups in total. The summed E-state index contributed by atoms with van der Waals surface area (Å²) < 4.78 is 13.1. The molecule has 162 valence electrons. The van der Waals surface area contributed by atoms with E-state index in [1.54, 1.807) is 36.4 Å². The van der Waals surface area contributed by atoms with E-state index in [0.717, 1.165) is 38.3 Å². The van der Waals surface area contributed by atoms with Gasteiger partial charge in [0.25, 0.3) is 11.8 Å². The Labute approximate surface area is 180 Å². The molecular formula is C23H26FN5O2. The number of guanidine groups is 1. The molecule has 8 heteroatoms. The maximum Gasteiger partial charge on any atom is 0.261 e. The molecule has 31 heavy (non-hydrogen) atoms. The average molecular weight is 423 g/mol. The van der Waals surface area contributed by atoms with E-state index in [2.05, 4.69) is 9.89 Å². The fourth-order valence-corrected chi connectivity index (χ4v) is 3.96. The first-order chi connectivity index (χ1) is 15.0. The minimum atomic E-state index is -0.234. The average Bonchev–Trinajstić information content (AvgIpc) is 3.04. The van der Waals surface area contributed by atoms with E-state index in [9.17, 15) is 14.0 Å². The molecule has 0 spiro atoms. The van der Waals surface area contributed by atoms with E-state index in [1.165, 1.54) is 17.0 Å². The van der Waals surface area contributed by atoms with Crippen LogP contribution in [0.5, 0.6) is 0 Å². The van der Waals surface area contributed by atoms with Crippen LogP contribution in [-0.4, -0.2) is 66.8 Å². The molecule has 0 saturated carbocycles. The third-order valence-corrected chi connectivity index (χ3v) is 5.74. The summed E-state index contributed by atoms with van der Waals surface area (Å²) in [5.41, 5.74) is 8.11. The SMILES string of the molecule is NC(=NCCCCN1C(=O)c2ccccc2C1=O)N1CCN(c2ccc(F)cc2)CC1. The minimum Gasteiger partial charge on any atom is -0.370 e. The first-order valence-electron chi connectivity index (χ1n) is 10.6. The van der Waals surface area contributed by atoms with Crippen LogP contribution in [0.3, 0.4) is 0 Å². The number of halogens is 1. The molecule has 2 aromatic rings. The maximum atomic E-state index is 13.1. The largest absolute Gasteiger partial charge is 0.370 e. The third kappa shape index (κ3) is 4.52. The highest BCUT2D eigenvalue weighted by atomic mass is 19.1. The number of nitrogens with two attached hydrogens (primary N) is 1. The number of carbonyl (C=O) groups excluding carboxylic acids is 2. The molecule has 1 saturated heterocycles. The van der Waals surface area contributed by atoms with Gasteiger partial charge in [0.15, 0.2) is 5.96 Å². The molecule has 2 amide bonds. The summed E-state index contributed by atoms with van der Waals surface area (Å²) in [6.07, 6.45) is 1.42. The summed E-state index contributed by atoms with van der Waals surface area (Å²) in [4.78, 5) is 34.7. The summed E-state index contributed by atoms with van der Waals surface area (Å²) in [7, 11) is 0. The van der Waals surface area contributed by atoms with Crippen LogP contribution >= 0.6 is 0 Å². The van der Waals surface area contributed by atoms with Crippen molar-refractivity contribution in [3.8, 4) is 0 Å². The van der Waals surface area contributed by atoms with Crippen molar-refractivity contribution in [2.24, 2.45) is 10.7 Å². The van der Waals surface area contributed by atoms with E-state index < -0.39 is 0 Å². The fourth-order valence-electron chi connectivity index (χ4n) is 3.96. The van der Waals surface area contributed by atoms with Crippen LogP contribution in [-0.2, 0) is 0 Å². The van der Waals surface area contributed by atoms with Crippen molar-refractivity contribution in [2.45, 2.75) is 12.8 Å². The van der Waals surface area contributed by atoms with Crippen molar-refractivity contribution in [3.63, 3.8) is 0 Å². The molecule has 4 rings (SSSR count). The third-order valence-electron chi connectivity index (χ3n) is 5.74. The summed E-state index contributed by atoms with van der Waals surface area (Å²) in [5.74, 6) is -0.161. The van der Waals surface area contributed by atoms with Crippen LogP contribution in [0.1, 0.15) is 33.6 Å². The number of amides is 2. The van der Waals surface area contributed by atoms with E-state index >= 15 is 0 Å². The van der Waals surface area contributed by atoms with Crippen LogP contribution in [0.25, 0.3) is 0 Å². The Kier molecular flexibility index (Phi) is 6.16. The lowest BCUT2D eigenvalue weighted by Crippen LogP contribution is -2.51. The number of anilines is 1. The van der Waals surface area contributed by atoms with Crippen molar-refractivity contribution in [2.75, 3.05) is 44.2 Å². The first-order valence-corrected chi connectivity index (χ1v) is 10.6. The Hall–Kier alpha value is -3.42. The number of nitrogens with zero attached hydrogens (tertiary/aromatic N) is 4. The smallest absolute Gasteiger partial charge is 0.261 e. The second-order valence-corrected chi connectivity index (χ2v) is 7.71. The molecule has 0 aliphatic carbocycles. The Morgan fingerprint density at radius 2 is 1.52 bits per heavy atom. The van der Waals surface area contributed by atoms with Crippen LogP contribution in [0.4, 0.5) is 10.1 Å². The van der Waals surface area contributed by atoms with Crippen LogP contribution in [0, 0.1) is 5.82 Å². The van der Waals surface area contributed by atoms with Gasteiger partial charge in [-0.3, -0.25) is 19.5 Å². The highest BCUT2D eigenvalue weighted by molar-refractivity contribution is 6.21. The molecular weight excluding hydrogens is 397 g/mol. The van der Waals surface area contributed by atoms with Crippen molar-refractivity contribution < 1.29 is 14.0 Å². The second kappa shape index (κ2) is 9.16. The Morgan fingerprint density at radius 3 is 2.13 bits per heavy atom. The summed E-state index contributed by atoms with van der Waals surface area (Å²) in [6.45, 7) is 4.03. The molecule has 7 nitrogen and oxygen atoms in total. The van der Waals surface area contributed by atoms with Gasteiger partial charge in [-0.25, -0.2) is 4.39 Å². The Bertz CT molecular complexity index is 949. The summed E-state index contributed by atoms with van der Waals surface area (Å²) >= 11 is 0. The zero-order valence-electron chi connectivity index (χ0n) is 17.3. The number of benzene rings is 2. The van der Waals surface area contributed by atoms with Crippen molar-refractivity contribution in [1.82, 2.24) is 9.80 Å². The molecule has 0 radical (unpaired) electrons. The van der Waals surface area contributed by atoms with Gasteiger partial charge < -0.3 is 15.5 Å². The molecule has 2 aliphatic heterocycles. The maximum absolute atomic E-state index is 13.1. The van der Waals surface area contributed by atoms with Crippen LogP contribution in [0.2, 0.25) is 0 Å². The quantitative estimate of drug-likeness (QED) is 0.334. The number of rotatable bonds is 6. The van der Waals surface area contributed by atoms with E-state index in [1.807, 2.05) is 4.90 Å². The molecule has 0 aromatic heterocycles. The van der Waals surface area contributed by atoms with Gasteiger partial charge >= 0.3 is 0 Å². The van der Waals surface area contributed by atoms with Crippen LogP contribution in [0.15, 0.2) is 53.5 Å². The standard InChI is InChI=1S/C23H26FN5O2/c24-17-7-9-18(10-8-17)27-13-15-28(16-14-27)23(25)26-11-3-4-12-29-21(30)19-5-1-2-6-20(19)22(29)31/h1-2,5-10H,3-4,11-16H2,(H2,25,26). The lowest BCUT2D eigenvalue weighted by atomic mass is 10.1. The molecule has 2 aromatic carbocycles. The number of unbranched alkanes of at least 4 members (excludes halogenated alkanes) is 1. The highest BCUT2D eigenvalue weighted by Crippen LogP contribution is 2.22. The van der Waals surface area contributed by atoms with Crippen LogP contribution < -0.4 is 10.6 Å². The Morgan fingerprint density at radius 1 is 0.903 bits per heavy atom. The normalized spacial score (nSPS) is 16.8. The molecule has 2 heterocycles. The number of fused-ring (bicyclic) bond motifs is 1. The fraction of sp³-hybridized carbons (Fsp3) is 0.348. The van der Waals surface area contributed by atoms with Crippen molar-refractivity contribution in [1.29, 1.82) is 0 Å². The van der Waals surface area contributed by atoms with E-state index in [-0.39, 0.29) is 17.6 Å². The molecule has 2 aliphatic rings. The van der Waals surface area contributed by atoms with Gasteiger partial charge in [-0.1, -0.05) is 12.1 Å². The zero-order valence-corrected chi connectivity index (χ0v) is 17.3. The van der Waals surface area contributed by atoms with Gasteiger partial charge in [0.1, 0.15) is 5.82 Å². The minimum absolute atomic E-state index is 0.220. The van der Waals surface area contributed by atoms with E-state index in [0.29, 0.717) is 36.6 Å². The molecule has 1 fully saturated rings. The lowest BCUT2D eigenvalue weighted by Gasteiger charge is -2.36. The van der Waals surface area contributed by atoms with E-state index in [4.69, 9.17) is 5.73 Å². The predicted molar refractivity (Wildman–Crippen MR) is 118 cm³/mol. The monoisotopic (exact) mass is 423 g/mol. The predicted octanol–water partition coefficient (Wildman–Crippen LogP) is 2.34. The number of carbonyl (C=O) groups is 2. The van der Waals surface area contributed by atoms with Gasteiger partial charge in [0, 0.05) is 45.0 Å². The molecule has 0 unspecified atom stereocenters. The Balaban J connectivity index is 1.19. The molecule has 0 atom stereocenters. The topological polar surface area (TPSA) is 82.2 Å². The number of imide groups is 1. The summed E-state index contributed by atoms with van der Waals surface area (Å²) in [6, 6.07) is 13.4. The number of aliphatic imine (C=N–C) groups is 1. The molecule has 0 bridgehead atoms. The zero-order chi connectivity index (χ0) is 21.8. The lowest BCUT2D eigenvalue weighted by molar-refractivity contribution is 0.0652. The number of piperazine rings is 1. The van der Waals surface area contributed by atoms with Gasteiger partial charge in [-0.2, -0.15) is 0 Å². The van der Waals surface area contributed by atoms with Gasteiger partial charge in [-0.05, 0) is 49.2 Å². The first kappa shape index (κ1) is 20.8. The second-order valence-electron chi connectivity index (χ2n) is 7.71. The number of hydrogen-bond donors (Lipinski definition) is 1. The van der Waals surface area contributed by atoms with Gasteiger partial charge in [-0.15, -0.1) is 0 Å². The van der Waals surface area contributed by atoms with Crippen molar-refractivity contribution >= 4 is 23.5 Å².